The molecule has 0 aliphatic rings. The van der Waals surface area contributed by atoms with Gasteiger partial charge in [0.2, 0.25) is 0 Å². The van der Waals surface area contributed by atoms with Gasteiger partial charge in [0.1, 0.15) is 11.5 Å². The van der Waals surface area contributed by atoms with Crippen molar-refractivity contribution in [1.29, 1.82) is 0 Å². The van der Waals surface area contributed by atoms with Crippen molar-refractivity contribution in [2.75, 3.05) is 12.9 Å². The van der Waals surface area contributed by atoms with E-state index >= 15 is 0 Å². The number of carbonyl (C=O) groups is 1. The van der Waals surface area contributed by atoms with Crippen molar-refractivity contribution in [2.45, 2.75) is 18.2 Å². The average molecular weight is 210 g/mol. The zero-order valence-corrected chi connectivity index (χ0v) is 9.26. The number of carbonyl (C=O) groups excluding carboxylic acids is 1. The maximum atomic E-state index is 11.1. The first-order chi connectivity index (χ1) is 6.77. The van der Waals surface area contributed by atoms with Crippen LogP contribution < -0.4 is 4.74 Å². The molecule has 0 atom stereocenters. The minimum absolute atomic E-state index is 0.265. The van der Waals surface area contributed by atoms with Gasteiger partial charge in [0.05, 0.1) is 12.9 Å². The van der Waals surface area contributed by atoms with E-state index in [4.69, 9.17) is 4.74 Å². The highest BCUT2D eigenvalue weighted by Gasteiger charge is 2.04. The lowest BCUT2D eigenvalue weighted by molar-refractivity contribution is -0.116. The molecule has 0 saturated heterocycles. The van der Waals surface area contributed by atoms with E-state index in [2.05, 4.69) is 0 Å². The number of hydrogen-bond acceptors (Lipinski definition) is 3. The van der Waals surface area contributed by atoms with E-state index in [0.29, 0.717) is 12.2 Å². The summed E-state index contributed by atoms with van der Waals surface area (Å²) in [4.78, 5) is 12.1. The van der Waals surface area contributed by atoms with Crippen molar-refractivity contribution in [3.8, 4) is 5.75 Å². The molecular formula is C11H14O2S. The Morgan fingerprint density at radius 2 is 2.14 bits per heavy atom. The molecule has 0 N–H and O–H groups in total. The van der Waals surface area contributed by atoms with Crippen LogP contribution in [0, 0.1) is 0 Å². The lowest BCUT2D eigenvalue weighted by atomic mass is 10.3. The van der Waals surface area contributed by atoms with E-state index in [9.17, 15) is 4.79 Å². The Morgan fingerprint density at radius 1 is 1.43 bits per heavy atom. The maximum absolute atomic E-state index is 11.1. The quantitative estimate of drug-likeness (QED) is 0.699. The Bertz CT molecular complexity index is 310. The van der Waals surface area contributed by atoms with Crippen molar-refractivity contribution in [3.05, 3.63) is 24.3 Å². The van der Waals surface area contributed by atoms with Gasteiger partial charge in [-0.2, -0.15) is 0 Å². The fraction of sp³-hybridized carbons (Fsp3) is 0.364. The minimum Gasteiger partial charge on any atom is -0.496 e. The fourth-order valence-corrected chi connectivity index (χ4v) is 1.99. The summed E-state index contributed by atoms with van der Waals surface area (Å²) in [6.45, 7) is 1.88. The second-order valence-electron chi connectivity index (χ2n) is 2.83. The summed E-state index contributed by atoms with van der Waals surface area (Å²) >= 11 is 1.53. The summed E-state index contributed by atoms with van der Waals surface area (Å²) in [6, 6.07) is 7.73. The smallest absolute Gasteiger partial charge is 0.142 e. The summed E-state index contributed by atoms with van der Waals surface area (Å²) in [6.07, 6.45) is 0.599. The molecule has 0 aliphatic carbocycles. The zero-order chi connectivity index (χ0) is 10.4. The van der Waals surface area contributed by atoms with Gasteiger partial charge in [0, 0.05) is 11.3 Å². The first-order valence-corrected chi connectivity index (χ1v) is 5.54. The van der Waals surface area contributed by atoms with Gasteiger partial charge >= 0.3 is 0 Å². The van der Waals surface area contributed by atoms with Gasteiger partial charge in [-0.05, 0) is 12.1 Å². The second kappa shape index (κ2) is 5.70. The zero-order valence-electron chi connectivity index (χ0n) is 8.45. The molecule has 1 aromatic carbocycles. The molecule has 0 aliphatic heterocycles. The van der Waals surface area contributed by atoms with E-state index in [-0.39, 0.29) is 5.78 Å². The van der Waals surface area contributed by atoms with Crippen LogP contribution >= 0.6 is 11.8 Å². The van der Waals surface area contributed by atoms with Gasteiger partial charge in [-0.3, -0.25) is 4.79 Å². The number of rotatable bonds is 5. The van der Waals surface area contributed by atoms with Crippen molar-refractivity contribution in [1.82, 2.24) is 0 Å². The topological polar surface area (TPSA) is 26.3 Å². The molecule has 1 rings (SSSR count). The molecule has 0 spiro atoms. The molecule has 0 radical (unpaired) electrons. The molecule has 0 bridgehead atoms. The van der Waals surface area contributed by atoms with Crippen molar-refractivity contribution >= 4 is 17.5 Å². The van der Waals surface area contributed by atoms with Crippen molar-refractivity contribution in [2.24, 2.45) is 0 Å². The number of ketones is 1. The van der Waals surface area contributed by atoms with Crippen molar-refractivity contribution < 1.29 is 9.53 Å². The third kappa shape index (κ3) is 3.07. The number of Topliss-reactive ketones (excluding diaryl/α,β-unsaturated/α-hetero) is 1. The van der Waals surface area contributed by atoms with E-state index in [1.165, 1.54) is 11.8 Å². The summed E-state index contributed by atoms with van der Waals surface area (Å²) in [5, 5.41) is 0. The molecule has 1 aromatic rings. The number of ether oxygens (including phenoxy) is 1. The standard InChI is InChI=1S/C11H14O2S/c1-3-9(12)8-14-11-7-5-4-6-10(11)13-2/h4-7H,3,8H2,1-2H3. The molecule has 14 heavy (non-hydrogen) atoms. The van der Waals surface area contributed by atoms with Crippen LogP contribution in [-0.2, 0) is 4.79 Å². The fourth-order valence-electron chi connectivity index (χ4n) is 0.998. The highest BCUT2D eigenvalue weighted by Crippen LogP contribution is 2.28. The summed E-state index contributed by atoms with van der Waals surface area (Å²) in [7, 11) is 1.64. The highest BCUT2D eigenvalue weighted by atomic mass is 32.2. The summed E-state index contributed by atoms with van der Waals surface area (Å²) in [5.41, 5.74) is 0. The third-order valence-electron chi connectivity index (χ3n) is 1.85. The van der Waals surface area contributed by atoms with E-state index in [1.807, 2.05) is 31.2 Å². The van der Waals surface area contributed by atoms with Crippen LogP contribution in [0.5, 0.6) is 5.75 Å². The molecule has 3 heteroatoms. The minimum atomic E-state index is 0.265. The molecule has 76 valence electrons. The highest BCUT2D eigenvalue weighted by molar-refractivity contribution is 8.00. The first-order valence-electron chi connectivity index (χ1n) is 4.55. The number of methoxy groups -OCH3 is 1. The Morgan fingerprint density at radius 3 is 2.79 bits per heavy atom. The predicted octanol–water partition coefficient (Wildman–Crippen LogP) is 2.77. The van der Waals surface area contributed by atoms with Gasteiger partial charge in [-0.25, -0.2) is 0 Å². The second-order valence-corrected chi connectivity index (χ2v) is 3.85. The van der Waals surface area contributed by atoms with Gasteiger partial charge in [0.15, 0.2) is 0 Å². The predicted molar refractivity (Wildman–Crippen MR) is 59.0 cm³/mol. The van der Waals surface area contributed by atoms with Crippen molar-refractivity contribution in [3.63, 3.8) is 0 Å². The van der Waals surface area contributed by atoms with Crippen LogP contribution in [0.2, 0.25) is 0 Å². The number of thioether (sulfide) groups is 1. The van der Waals surface area contributed by atoms with Crippen LogP contribution in [0.15, 0.2) is 29.2 Å². The van der Waals surface area contributed by atoms with Gasteiger partial charge in [-0.1, -0.05) is 19.1 Å². The third-order valence-corrected chi connectivity index (χ3v) is 2.97. The van der Waals surface area contributed by atoms with Crippen LogP contribution in [0.3, 0.4) is 0 Å². The summed E-state index contributed by atoms with van der Waals surface area (Å²) in [5.74, 6) is 1.62. The number of para-hydroxylation sites is 1. The SMILES string of the molecule is CCC(=O)CSc1ccccc1OC. The summed E-state index contributed by atoms with van der Waals surface area (Å²) < 4.78 is 5.18. The van der Waals surface area contributed by atoms with Gasteiger partial charge < -0.3 is 4.74 Å². The molecule has 2 nitrogen and oxygen atoms in total. The lowest BCUT2D eigenvalue weighted by Gasteiger charge is -2.06. The molecular weight excluding hydrogens is 196 g/mol. The Labute approximate surface area is 88.7 Å². The molecule has 0 fully saturated rings. The van der Waals surface area contributed by atoms with E-state index < -0.39 is 0 Å². The van der Waals surface area contributed by atoms with Gasteiger partial charge in [0.25, 0.3) is 0 Å². The molecule has 0 amide bonds. The van der Waals surface area contributed by atoms with Crippen LogP contribution in [0.1, 0.15) is 13.3 Å². The van der Waals surface area contributed by atoms with Crippen LogP contribution in [-0.4, -0.2) is 18.6 Å². The van der Waals surface area contributed by atoms with E-state index in [1.54, 1.807) is 7.11 Å². The monoisotopic (exact) mass is 210 g/mol. The van der Waals surface area contributed by atoms with Crippen LogP contribution in [0.4, 0.5) is 0 Å². The largest absolute Gasteiger partial charge is 0.496 e. The average Bonchev–Trinajstić information content (AvgIpc) is 2.26. The molecule has 0 aromatic heterocycles. The van der Waals surface area contributed by atoms with Crippen LogP contribution in [0.25, 0.3) is 0 Å². The molecule has 0 heterocycles. The normalized spacial score (nSPS) is 9.86. The molecule has 0 saturated carbocycles. The maximum Gasteiger partial charge on any atom is 0.142 e. The van der Waals surface area contributed by atoms with Gasteiger partial charge in [-0.15, -0.1) is 11.8 Å². The Balaban J connectivity index is 2.61. The first kappa shape index (κ1) is 11.1. The number of benzene rings is 1. The molecule has 0 unspecified atom stereocenters. The Hall–Kier alpha value is -0.960. The number of hydrogen-bond donors (Lipinski definition) is 0. The Kier molecular flexibility index (Phi) is 4.53. The lowest BCUT2D eigenvalue weighted by Crippen LogP contribution is -1.98. The van der Waals surface area contributed by atoms with E-state index in [0.717, 1.165) is 10.6 Å².